The molecule has 29 heavy (non-hydrogen) atoms. The molecule has 150 valence electrons. The van der Waals surface area contributed by atoms with Crippen LogP contribution < -0.4 is 10.1 Å². The van der Waals surface area contributed by atoms with Crippen LogP contribution in [0.15, 0.2) is 65.0 Å². The Hall–Kier alpha value is -2.71. The third-order valence-corrected chi connectivity index (χ3v) is 4.84. The van der Waals surface area contributed by atoms with Crippen LogP contribution in [0.3, 0.4) is 0 Å². The smallest absolute Gasteiger partial charge is 0.418 e. The van der Waals surface area contributed by atoms with E-state index in [-0.39, 0.29) is 20.8 Å². The molecular formula is C20H14ClF3N2O2S. The molecule has 1 aliphatic rings. The largest absolute Gasteiger partial charge is 0.489 e. The number of amidine groups is 1. The number of hydrogen-bond donors (Lipinski definition) is 1. The Morgan fingerprint density at radius 2 is 2.00 bits per heavy atom. The van der Waals surface area contributed by atoms with Crippen LogP contribution in [-0.2, 0) is 11.0 Å². The summed E-state index contributed by atoms with van der Waals surface area (Å²) in [7, 11) is 0. The first-order valence-electron chi connectivity index (χ1n) is 8.27. The van der Waals surface area contributed by atoms with Gasteiger partial charge in [0.25, 0.3) is 5.91 Å². The van der Waals surface area contributed by atoms with Crippen molar-refractivity contribution in [3.05, 3.63) is 76.2 Å². The van der Waals surface area contributed by atoms with E-state index >= 15 is 0 Å². The van der Waals surface area contributed by atoms with Gasteiger partial charge in [-0.1, -0.05) is 42.5 Å². The van der Waals surface area contributed by atoms with E-state index in [1.807, 2.05) is 0 Å². The summed E-state index contributed by atoms with van der Waals surface area (Å²) in [5, 5.41) is 2.46. The number of thioether (sulfide) groups is 1. The summed E-state index contributed by atoms with van der Waals surface area (Å²) in [6.07, 6.45) is -1.44. The molecule has 1 fully saturated rings. The van der Waals surface area contributed by atoms with Crippen molar-refractivity contribution in [1.29, 1.82) is 0 Å². The predicted octanol–water partition coefficient (Wildman–Crippen LogP) is 5.82. The fraction of sp³-hybridized carbons (Fsp3) is 0.100. The minimum absolute atomic E-state index is 0.0403. The SMILES string of the molecule is C=CCOc1ccccc1C=C1SC(=Nc2ccc(Cl)cc2C(F)(F)F)NC1=O. The molecule has 0 saturated carbocycles. The van der Waals surface area contributed by atoms with Gasteiger partial charge < -0.3 is 10.1 Å². The first-order valence-corrected chi connectivity index (χ1v) is 9.46. The molecule has 1 amide bonds. The van der Waals surface area contributed by atoms with Gasteiger partial charge in [-0.15, -0.1) is 0 Å². The second-order valence-corrected chi connectivity index (χ2v) is 7.25. The van der Waals surface area contributed by atoms with Crippen LogP contribution in [0.1, 0.15) is 11.1 Å². The molecule has 0 aliphatic carbocycles. The van der Waals surface area contributed by atoms with Crippen LogP contribution in [0.2, 0.25) is 5.02 Å². The molecule has 0 bridgehead atoms. The van der Waals surface area contributed by atoms with Crippen molar-refractivity contribution in [2.75, 3.05) is 6.61 Å². The predicted molar refractivity (Wildman–Crippen MR) is 109 cm³/mol. The summed E-state index contributed by atoms with van der Waals surface area (Å²) in [6, 6.07) is 10.3. The number of rotatable bonds is 5. The minimum atomic E-state index is -4.63. The number of benzene rings is 2. The first kappa shape index (κ1) is 21.0. The first-order chi connectivity index (χ1) is 13.8. The number of carbonyl (C=O) groups is 1. The summed E-state index contributed by atoms with van der Waals surface area (Å²) in [6.45, 7) is 3.88. The van der Waals surface area contributed by atoms with E-state index in [0.29, 0.717) is 17.9 Å². The number of halogens is 4. The molecule has 1 aliphatic heterocycles. The highest BCUT2D eigenvalue weighted by Gasteiger charge is 2.34. The number of alkyl halides is 3. The summed E-state index contributed by atoms with van der Waals surface area (Å²) < 4.78 is 45.3. The van der Waals surface area contributed by atoms with Gasteiger partial charge in [0, 0.05) is 10.6 Å². The van der Waals surface area contributed by atoms with Crippen LogP contribution in [-0.4, -0.2) is 17.7 Å². The fourth-order valence-electron chi connectivity index (χ4n) is 2.44. The number of amides is 1. The lowest BCUT2D eigenvalue weighted by Gasteiger charge is -2.10. The van der Waals surface area contributed by atoms with E-state index in [4.69, 9.17) is 16.3 Å². The van der Waals surface area contributed by atoms with E-state index in [0.717, 1.165) is 23.9 Å². The molecule has 1 heterocycles. The average molecular weight is 439 g/mol. The van der Waals surface area contributed by atoms with Crippen molar-refractivity contribution in [1.82, 2.24) is 5.32 Å². The van der Waals surface area contributed by atoms with E-state index < -0.39 is 17.6 Å². The third kappa shape index (κ3) is 5.21. The lowest BCUT2D eigenvalue weighted by molar-refractivity contribution is -0.137. The Labute approximate surface area is 174 Å². The average Bonchev–Trinajstić information content (AvgIpc) is 3.00. The zero-order valence-electron chi connectivity index (χ0n) is 14.8. The second kappa shape index (κ2) is 8.75. The Balaban J connectivity index is 1.90. The van der Waals surface area contributed by atoms with Gasteiger partial charge in [0.15, 0.2) is 5.17 Å². The van der Waals surface area contributed by atoms with Crippen LogP contribution in [0.4, 0.5) is 18.9 Å². The minimum Gasteiger partial charge on any atom is -0.489 e. The van der Waals surface area contributed by atoms with Gasteiger partial charge in [-0.05, 0) is 42.1 Å². The Bertz CT molecular complexity index is 1020. The van der Waals surface area contributed by atoms with Crippen LogP contribution in [0.5, 0.6) is 5.75 Å². The molecule has 0 unspecified atom stereocenters. The molecule has 0 spiro atoms. The number of carbonyl (C=O) groups excluding carboxylic acids is 1. The van der Waals surface area contributed by atoms with Gasteiger partial charge in [0.05, 0.1) is 16.2 Å². The zero-order chi connectivity index (χ0) is 21.0. The fourth-order valence-corrected chi connectivity index (χ4v) is 3.44. The topological polar surface area (TPSA) is 50.7 Å². The molecular weight excluding hydrogens is 425 g/mol. The van der Waals surface area contributed by atoms with Gasteiger partial charge in [-0.25, -0.2) is 4.99 Å². The number of nitrogens with zero attached hydrogens (tertiary/aromatic N) is 1. The van der Waals surface area contributed by atoms with Gasteiger partial charge in [-0.2, -0.15) is 13.2 Å². The molecule has 3 rings (SSSR count). The molecule has 2 aromatic rings. The van der Waals surface area contributed by atoms with Gasteiger partial charge >= 0.3 is 6.18 Å². The maximum Gasteiger partial charge on any atom is 0.418 e. The van der Waals surface area contributed by atoms with Gasteiger partial charge in [0.1, 0.15) is 12.4 Å². The van der Waals surface area contributed by atoms with Gasteiger partial charge in [0.2, 0.25) is 0 Å². The summed E-state index contributed by atoms with van der Waals surface area (Å²) in [5.41, 5.74) is -0.663. The van der Waals surface area contributed by atoms with E-state index in [1.165, 1.54) is 6.07 Å². The standard InChI is InChI=1S/C20H14ClF3N2O2S/c1-2-9-28-16-6-4-3-5-12(16)10-17-18(27)26-19(29-17)25-15-8-7-13(21)11-14(15)20(22,23)24/h2-8,10-11H,1,9H2,(H,25,26,27). The van der Waals surface area contributed by atoms with E-state index in [1.54, 1.807) is 36.4 Å². The van der Waals surface area contributed by atoms with Crippen molar-refractivity contribution in [3.8, 4) is 5.75 Å². The lowest BCUT2D eigenvalue weighted by atomic mass is 10.2. The van der Waals surface area contributed by atoms with Crippen molar-refractivity contribution in [2.24, 2.45) is 4.99 Å². The molecule has 0 atom stereocenters. The highest BCUT2D eigenvalue weighted by atomic mass is 35.5. The zero-order valence-corrected chi connectivity index (χ0v) is 16.4. The van der Waals surface area contributed by atoms with Gasteiger partial charge in [-0.3, -0.25) is 4.79 Å². The van der Waals surface area contributed by atoms with Crippen molar-refractivity contribution in [2.45, 2.75) is 6.18 Å². The highest BCUT2D eigenvalue weighted by Crippen LogP contribution is 2.39. The third-order valence-electron chi connectivity index (χ3n) is 3.70. The highest BCUT2D eigenvalue weighted by molar-refractivity contribution is 8.18. The number of aliphatic imine (C=N–C) groups is 1. The number of para-hydroxylation sites is 1. The second-order valence-electron chi connectivity index (χ2n) is 5.78. The summed E-state index contributed by atoms with van der Waals surface area (Å²) in [5.74, 6) is 0.0885. The monoisotopic (exact) mass is 438 g/mol. The van der Waals surface area contributed by atoms with Crippen molar-refractivity contribution >= 4 is 46.2 Å². The Morgan fingerprint density at radius 3 is 2.72 bits per heavy atom. The van der Waals surface area contributed by atoms with E-state index in [9.17, 15) is 18.0 Å². The maximum absolute atomic E-state index is 13.2. The normalized spacial score (nSPS) is 16.9. The summed E-state index contributed by atoms with van der Waals surface area (Å²) >= 11 is 6.62. The molecule has 1 saturated heterocycles. The molecule has 0 aromatic heterocycles. The van der Waals surface area contributed by atoms with Crippen molar-refractivity contribution < 1.29 is 22.7 Å². The number of nitrogens with one attached hydrogen (secondary N) is 1. The number of hydrogen-bond acceptors (Lipinski definition) is 4. The van der Waals surface area contributed by atoms with Crippen LogP contribution >= 0.6 is 23.4 Å². The molecule has 0 radical (unpaired) electrons. The van der Waals surface area contributed by atoms with E-state index in [2.05, 4.69) is 16.9 Å². The molecule has 9 heteroatoms. The molecule has 2 aromatic carbocycles. The van der Waals surface area contributed by atoms with Crippen LogP contribution in [0, 0.1) is 0 Å². The number of ether oxygens (including phenoxy) is 1. The molecule has 1 N–H and O–H groups in total. The maximum atomic E-state index is 13.2. The lowest BCUT2D eigenvalue weighted by Crippen LogP contribution is -2.19. The summed E-state index contributed by atoms with van der Waals surface area (Å²) in [4.78, 5) is 16.5. The van der Waals surface area contributed by atoms with Crippen molar-refractivity contribution in [3.63, 3.8) is 0 Å². The quantitative estimate of drug-likeness (QED) is 0.473. The Morgan fingerprint density at radius 1 is 1.24 bits per heavy atom. The van der Waals surface area contributed by atoms with Crippen LogP contribution in [0.25, 0.3) is 6.08 Å². The molecule has 4 nitrogen and oxygen atoms in total. The Kier molecular flexibility index (Phi) is 6.34.